The zero-order chi connectivity index (χ0) is 19.3. The highest BCUT2D eigenvalue weighted by molar-refractivity contribution is 7.18. The Bertz CT molecular complexity index is 1160. The fraction of sp³-hybridized carbons (Fsp3) is 0.263. The maximum absolute atomic E-state index is 12.8. The molecular formula is C19H17N3O4S. The van der Waals surface area contributed by atoms with Gasteiger partial charge >= 0.3 is 0 Å². The van der Waals surface area contributed by atoms with Crippen LogP contribution in [0.5, 0.6) is 5.75 Å². The molecule has 0 saturated carbocycles. The van der Waals surface area contributed by atoms with Gasteiger partial charge in [0.2, 0.25) is 0 Å². The van der Waals surface area contributed by atoms with Gasteiger partial charge in [-0.15, -0.1) is 11.3 Å². The lowest BCUT2D eigenvalue weighted by molar-refractivity contribution is -0.122. The normalized spacial score (nSPS) is 16.0. The summed E-state index contributed by atoms with van der Waals surface area (Å²) in [5.41, 5.74) is 0.619. The average molecular weight is 383 g/mol. The number of carbonyl (C=O) groups is 2. The first-order valence-corrected chi connectivity index (χ1v) is 9.27. The van der Waals surface area contributed by atoms with Crippen LogP contribution in [0.3, 0.4) is 0 Å². The number of rotatable bonds is 3. The summed E-state index contributed by atoms with van der Waals surface area (Å²) in [7, 11) is 0. The van der Waals surface area contributed by atoms with Crippen LogP contribution < -0.4 is 15.6 Å². The summed E-state index contributed by atoms with van der Waals surface area (Å²) in [4.78, 5) is 43.4. The van der Waals surface area contributed by atoms with E-state index in [9.17, 15) is 14.4 Å². The maximum atomic E-state index is 12.8. The molecule has 0 bridgehead atoms. The first-order valence-electron chi connectivity index (χ1n) is 8.46. The first kappa shape index (κ1) is 17.4. The van der Waals surface area contributed by atoms with Gasteiger partial charge in [-0.05, 0) is 45.0 Å². The molecule has 1 amide bonds. The topological polar surface area (TPSA) is 90.3 Å². The van der Waals surface area contributed by atoms with Crippen LogP contribution in [0.1, 0.15) is 28.0 Å². The molecule has 27 heavy (non-hydrogen) atoms. The lowest BCUT2D eigenvalue weighted by Crippen LogP contribution is -2.34. The predicted molar refractivity (Wildman–Crippen MR) is 103 cm³/mol. The molecule has 0 radical (unpaired) electrons. The lowest BCUT2D eigenvalue weighted by Gasteiger charge is -2.23. The number of anilines is 1. The molecule has 0 fully saturated rings. The number of carbonyl (C=O) groups excluding carboxylic acids is 2. The van der Waals surface area contributed by atoms with Crippen LogP contribution in [0, 0.1) is 13.8 Å². The average Bonchev–Trinajstić information content (AvgIpc) is 2.99. The van der Waals surface area contributed by atoms with Crippen LogP contribution in [0.25, 0.3) is 10.2 Å². The Morgan fingerprint density at radius 1 is 1.30 bits per heavy atom. The van der Waals surface area contributed by atoms with Crippen molar-refractivity contribution in [2.24, 2.45) is 0 Å². The van der Waals surface area contributed by atoms with Crippen LogP contribution in [0.15, 0.2) is 29.1 Å². The zero-order valence-corrected chi connectivity index (χ0v) is 15.8. The maximum Gasteiger partial charge on any atom is 0.265 e. The number of Topliss-reactive ketones (excluding diaryl/α,β-unsaturated/α-hetero) is 1. The lowest BCUT2D eigenvalue weighted by atomic mass is 10.1. The molecule has 2 aromatic heterocycles. The van der Waals surface area contributed by atoms with E-state index in [1.165, 1.54) is 15.9 Å². The van der Waals surface area contributed by atoms with Crippen molar-refractivity contribution in [3.8, 4) is 5.75 Å². The Hall–Kier alpha value is -3.00. The van der Waals surface area contributed by atoms with Crippen molar-refractivity contribution in [1.29, 1.82) is 0 Å². The van der Waals surface area contributed by atoms with Crippen LogP contribution in [-0.2, 0) is 11.3 Å². The van der Waals surface area contributed by atoms with Crippen molar-refractivity contribution in [2.75, 3.05) is 5.32 Å². The highest BCUT2D eigenvalue weighted by Gasteiger charge is 2.24. The van der Waals surface area contributed by atoms with Gasteiger partial charge in [0.05, 0.1) is 17.6 Å². The molecule has 1 atom stereocenters. The molecule has 8 heteroatoms. The van der Waals surface area contributed by atoms with Crippen molar-refractivity contribution in [2.45, 2.75) is 33.4 Å². The van der Waals surface area contributed by atoms with Crippen LogP contribution in [0.4, 0.5) is 5.69 Å². The number of nitrogens with one attached hydrogen (secondary N) is 1. The fourth-order valence-corrected chi connectivity index (χ4v) is 3.96. The third kappa shape index (κ3) is 3.02. The third-order valence-corrected chi connectivity index (χ3v) is 5.44. The van der Waals surface area contributed by atoms with E-state index in [0.29, 0.717) is 33.0 Å². The molecule has 0 aliphatic carbocycles. The van der Waals surface area contributed by atoms with E-state index in [4.69, 9.17) is 4.74 Å². The number of nitrogens with zero attached hydrogens (tertiary/aromatic N) is 2. The second-order valence-electron chi connectivity index (χ2n) is 6.51. The summed E-state index contributed by atoms with van der Waals surface area (Å²) in [6, 6.07) is 6.65. The van der Waals surface area contributed by atoms with E-state index < -0.39 is 6.10 Å². The molecule has 0 saturated heterocycles. The van der Waals surface area contributed by atoms with Gasteiger partial charge in [-0.1, -0.05) is 0 Å². The summed E-state index contributed by atoms with van der Waals surface area (Å²) in [6.45, 7) is 5.17. The molecule has 1 unspecified atom stereocenters. The Labute approximate surface area is 158 Å². The van der Waals surface area contributed by atoms with E-state index in [0.717, 1.165) is 4.88 Å². The molecule has 3 aromatic rings. The van der Waals surface area contributed by atoms with Crippen LogP contribution in [-0.4, -0.2) is 27.3 Å². The van der Waals surface area contributed by atoms with Gasteiger partial charge in [-0.2, -0.15) is 0 Å². The van der Waals surface area contributed by atoms with Crippen molar-refractivity contribution >= 4 is 38.9 Å². The molecule has 138 valence electrons. The Morgan fingerprint density at radius 3 is 2.85 bits per heavy atom. The predicted octanol–water partition coefficient (Wildman–Crippen LogP) is 2.68. The summed E-state index contributed by atoms with van der Waals surface area (Å²) in [5, 5.41) is 3.25. The third-order valence-electron chi connectivity index (χ3n) is 4.50. The number of hydrogen-bond donors (Lipinski definition) is 1. The molecule has 1 aliphatic heterocycles. The fourth-order valence-electron chi connectivity index (χ4n) is 3.04. The summed E-state index contributed by atoms with van der Waals surface area (Å²) < 4.78 is 6.88. The summed E-state index contributed by atoms with van der Waals surface area (Å²) in [5.74, 6) is 0.501. The van der Waals surface area contributed by atoms with E-state index in [2.05, 4.69) is 10.3 Å². The quantitative estimate of drug-likeness (QED) is 0.702. The highest BCUT2D eigenvalue weighted by atomic mass is 32.1. The number of aromatic nitrogens is 2. The Balaban J connectivity index is 1.67. The molecule has 4 rings (SSSR count). The van der Waals surface area contributed by atoms with E-state index in [1.807, 2.05) is 6.92 Å². The molecular weight excluding hydrogens is 366 g/mol. The van der Waals surface area contributed by atoms with E-state index in [-0.39, 0.29) is 23.8 Å². The molecule has 3 heterocycles. The van der Waals surface area contributed by atoms with Gasteiger partial charge in [0.15, 0.2) is 11.9 Å². The minimum Gasteiger partial charge on any atom is -0.479 e. The molecule has 1 aliphatic rings. The standard InChI is InChI=1S/C19H17N3O4S/c1-9-6-13-18(27-9)20-11(3)22(19(13)25)8-15(23)12-4-5-16-14(7-12)21-17(24)10(2)26-16/h4-7,10H,8H2,1-3H3,(H,21,24). The zero-order valence-electron chi connectivity index (χ0n) is 15.0. The van der Waals surface area contributed by atoms with Crippen LogP contribution >= 0.6 is 11.3 Å². The molecule has 7 nitrogen and oxygen atoms in total. The largest absolute Gasteiger partial charge is 0.479 e. The minimum absolute atomic E-state index is 0.119. The number of fused-ring (bicyclic) bond motifs is 2. The first-order chi connectivity index (χ1) is 12.8. The van der Waals surface area contributed by atoms with Crippen molar-refractivity contribution in [3.63, 3.8) is 0 Å². The monoisotopic (exact) mass is 383 g/mol. The molecule has 1 N–H and O–H groups in total. The van der Waals surface area contributed by atoms with Gasteiger partial charge in [-0.25, -0.2) is 4.98 Å². The van der Waals surface area contributed by atoms with E-state index >= 15 is 0 Å². The number of hydrogen-bond acceptors (Lipinski definition) is 6. The minimum atomic E-state index is -0.577. The highest BCUT2D eigenvalue weighted by Crippen LogP contribution is 2.30. The van der Waals surface area contributed by atoms with E-state index in [1.54, 1.807) is 38.1 Å². The van der Waals surface area contributed by atoms with Gasteiger partial charge < -0.3 is 10.1 Å². The second kappa shape index (κ2) is 6.31. The smallest absolute Gasteiger partial charge is 0.265 e. The number of benzene rings is 1. The van der Waals surface area contributed by atoms with Crippen molar-refractivity contribution in [3.05, 3.63) is 50.9 Å². The number of thiophene rings is 1. The number of amides is 1. The second-order valence-corrected chi connectivity index (χ2v) is 7.74. The van der Waals surface area contributed by atoms with Gasteiger partial charge in [-0.3, -0.25) is 19.0 Å². The molecule has 0 spiro atoms. The van der Waals surface area contributed by atoms with Crippen LogP contribution in [0.2, 0.25) is 0 Å². The number of ketones is 1. The van der Waals surface area contributed by atoms with Crippen molar-refractivity contribution in [1.82, 2.24) is 9.55 Å². The Kier molecular flexibility index (Phi) is 4.07. The summed E-state index contributed by atoms with van der Waals surface area (Å²) >= 11 is 1.46. The van der Waals surface area contributed by atoms with Gasteiger partial charge in [0, 0.05) is 10.4 Å². The summed E-state index contributed by atoms with van der Waals surface area (Å²) in [6.07, 6.45) is -0.577. The van der Waals surface area contributed by atoms with Gasteiger partial charge in [0.1, 0.15) is 16.4 Å². The van der Waals surface area contributed by atoms with Crippen molar-refractivity contribution < 1.29 is 14.3 Å². The molecule has 1 aromatic carbocycles. The number of ether oxygens (including phenoxy) is 1. The number of aryl methyl sites for hydroxylation is 2. The Morgan fingerprint density at radius 2 is 2.07 bits per heavy atom. The van der Waals surface area contributed by atoms with Gasteiger partial charge in [0.25, 0.3) is 11.5 Å². The SMILES string of the molecule is Cc1cc2c(=O)n(CC(=O)c3ccc4c(c3)NC(=O)C(C)O4)c(C)nc2s1.